The zero-order valence-corrected chi connectivity index (χ0v) is 13.0. The summed E-state index contributed by atoms with van der Waals surface area (Å²) < 4.78 is 1.04. The molecule has 0 spiro atoms. The number of aryl methyl sites for hydroxylation is 1. The van der Waals surface area contributed by atoms with Crippen LogP contribution in [0.1, 0.15) is 32.3 Å². The van der Waals surface area contributed by atoms with E-state index < -0.39 is 0 Å². The van der Waals surface area contributed by atoms with E-state index in [2.05, 4.69) is 15.9 Å². The van der Waals surface area contributed by atoms with Crippen LogP contribution >= 0.6 is 15.9 Å². The predicted octanol–water partition coefficient (Wildman–Crippen LogP) is 2.75. The Balaban J connectivity index is 1.97. The number of nitrogens with zero attached hydrogens (tertiary/aromatic N) is 1. The summed E-state index contributed by atoms with van der Waals surface area (Å²) in [5.74, 6) is 0.123. The fourth-order valence-electron chi connectivity index (χ4n) is 2.73. The van der Waals surface area contributed by atoms with Gasteiger partial charge in [-0.1, -0.05) is 34.1 Å². The summed E-state index contributed by atoms with van der Waals surface area (Å²) in [6.45, 7) is 4.49. The average molecular weight is 326 g/mol. The van der Waals surface area contributed by atoms with Gasteiger partial charge in [0.15, 0.2) is 0 Å². The molecule has 1 saturated heterocycles. The molecule has 1 aromatic carbocycles. The van der Waals surface area contributed by atoms with Crippen molar-refractivity contribution in [2.45, 2.75) is 44.8 Å². The van der Waals surface area contributed by atoms with E-state index in [1.807, 2.05) is 43.0 Å². The number of rotatable bonds is 3. The van der Waals surface area contributed by atoms with Gasteiger partial charge in [0.25, 0.3) is 0 Å². The molecule has 0 radical (unpaired) electrons. The third-order valence-electron chi connectivity index (χ3n) is 3.73. The molecule has 1 amide bonds. The predicted molar refractivity (Wildman–Crippen MR) is 78.9 cm³/mol. The van der Waals surface area contributed by atoms with Crippen LogP contribution in [0.15, 0.2) is 28.7 Å². The van der Waals surface area contributed by atoms with E-state index >= 15 is 0 Å². The molecule has 0 aliphatic carbocycles. The van der Waals surface area contributed by atoms with Crippen molar-refractivity contribution in [2.75, 3.05) is 6.54 Å². The minimum absolute atomic E-state index is 0.123. The van der Waals surface area contributed by atoms with Crippen LogP contribution in [-0.4, -0.2) is 34.1 Å². The number of β-amino-alcohol motifs (C(OH)–C–C–N with tert-alkyl or cyclic N) is 1. The zero-order valence-electron chi connectivity index (χ0n) is 11.4. The summed E-state index contributed by atoms with van der Waals surface area (Å²) in [6, 6.07) is 7.97. The summed E-state index contributed by atoms with van der Waals surface area (Å²) in [5.41, 5.74) is 0.915. The maximum atomic E-state index is 12.3. The molecular formula is C15H20BrNO2. The van der Waals surface area contributed by atoms with Crippen molar-refractivity contribution in [2.24, 2.45) is 0 Å². The van der Waals surface area contributed by atoms with Crippen LogP contribution in [0.25, 0.3) is 0 Å². The molecule has 1 aromatic rings. The first-order valence-electron chi connectivity index (χ1n) is 6.62. The molecule has 1 aliphatic rings. The molecule has 1 N–H and O–H groups in total. The highest BCUT2D eigenvalue weighted by molar-refractivity contribution is 9.10. The Hall–Kier alpha value is -0.870. The van der Waals surface area contributed by atoms with Crippen LogP contribution < -0.4 is 0 Å². The van der Waals surface area contributed by atoms with Crippen molar-refractivity contribution in [3.63, 3.8) is 0 Å². The Labute approximate surface area is 122 Å². The van der Waals surface area contributed by atoms with E-state index in [4.69, 9.17) is 0 Å². The molecule has 19 heavy (non-hydrogen) atoms. The Morgan fingerprint density at radius 3 is 2.74 bits per heavy atom. The highest BCUT2D eigenvalue weighted by atomic mass is 79.9. The summed E-state index contributed by atoms with van der Waals surface area (Å²) in [4.78, 5) is 14.1. The van der Waals surface area contributed by atoms with Crippen molar-refractivity contribution in [3.05, 3.63) is 34.3 Å². The summed E-state index contributed by atoms with van der Waals surface area (Å²) in [6.07, 6.45) is 1.48. The molecule has 0 bridgehead atoms. The number of hydrogen-bond donors (Lipinski definition) is 1. The van der Waals surface area contributed by atoms with Gasteiger partial charge < -0.3 is 10.0 Å². The second-order valence-corrected chi connectivity index (χ2v) is 6.62. The fourth-order valence-corrected chi connectivity index (χ4v) is 3.21. The van der Waals surface area contributed by atoms with Gasteiger partial charge in [-0.15, -0.1) is 0 Å². The zero-order chi connectivity index (χ0) is 14.0. The van der Waals surface area contributed by atoms with Gasteiger partial charge in [-0.3, -0.25) is 4.79 Å². The summed E-state index contributed by atoms with van der Waals surface area (Å²) in [7, 11) is 0. The molecule has 1 fully saturated rings. The van der Waals surface area contributed by atoms with E-state index in [1.54, 1.807) is 0 Å². The van der Waals surface area contributed by atoms with Gasteiger partial charge in [0, 0.05) is 23.0 Å². The first-order chi connectivity index (χ1) is 8.90. The van der Waals surface area contributed by atoms with Gasteiger partial charge in [-0.2, -0.15) is 0 Å². The van der Waals surface area contributed by atoms with E-state index in [0.717, 1.165) is 16.5 Å². The minimum atomic E-state index is -0.387. The third-order valence-corrected chi connectivity index (χ3v) is 4.50. The smallest absolute Gasteiger partial charge is 0.223 e. The molecule has 104 valence electrons. The van der Waals surface area contributed by atoms with Gasteiger partial charge in [-0.05, 0) is 38.3 Å². The monoisotopic (exact) mass is 325 g/mol. The summed E-state index contributed by atoms with van der Waals surface area (Å²) >= 11 is 3.50. The van der Waals surface area contributed by atoms with Crippen molar-refractivity contribution >= 4 is 21.8 Å². The van der Waals surface area contributed by atoms with Crippen LogP contribution in [0.3, 0.4) is 0 Å². The van der Waals surface area contributed by atoms with Gasteiger partial charge in [0.1, 0.15) is 0 Å². The number of aliphatic hydroxyl groups excluding tert-OH is 1. The summed E-state index contributed by atoms with van der Waals surface area (Å²) in [5, 5.41) is 9.71. The topological polar surface area (TPSA) is 40.5 Å². The number of likely N-dealkylation sites (tertiary alicyclic amines) is 1. The number of amides is 1. The van der Waals surface area contributed by atoms with Gasteiger partial charge >= 0.3 is 0 Å². The first-order valence-corrected chi connectivity index (χ1v) is 7.41. The average Bonchev–Trinajstić information content (AvgIpc) is 2.61. The van der Waals surface area contributed by atoms with E-state index in [9.17, 15) is 9.90 Å². The van der Waals surface area contributed by atoms with Crippen LogP contribution in [0.2, 0.25) is 0 Å². The maximum absolute atomic E-state index is 12.3. The van der Waals surface area contributed by atoms with E-state index in [0.29, 0.717) is 19.4 Å². The maximum Gasteiger partial charge on any atom is 0.223 e. The lowest BCUT2D eigenvalue weighted by Gasteiger charge is -2.31. The molecule has 1 atom stereocenters. The molecular weight excluding hydrogens is 306 g/mol. The number of benzene rings is 1. The van der Waals surface area contributed by atoms with E-state index in [-0.39, 0.29) is 17.6 Å². The minimum Gasteiger partial charge on any atom is -0.391 e. The number of carbonyl (C=O) groups is 1. The molecule has 1 aliphatic heterocycles. The Kier molecular flexibility index (Phi) is 4.31. The van der Waals surface area contributed by atoms with Crippen molar-refractivity contribution < 1.29 is 9.90 Å². The molecule has 0 saturated carbocycles. The second kappa shape index (κ2) is 5.63. The van der Waals surface area contributed by atoms with Gasteiger partial charge in [-0.25, -0.2) is 0 Å². The molecule has 1 heterocycles. The normalized spacial score (nSPS) is 21.7. The highest BCUT2D eigenvalue weighted by Gasteiger charge is 2.39. The van der Waals surface area contributed by atoms with Crippen molar-refractivity contribution in [1.82, 2.24) is 4.90 Å². The Bertz CT molecular complexity index is 473. The highest BCUT2D eigenvalue weighted by Crippen LogP contribution is 2.29. The second-order valence-electron chi connectivity index (χ2n) is 5.77. The first kappa shape index (κ1) is 14.5. The van der Waals surface area contributed by atoms with Crippen LogP contribution in [0, 0.1) is 0 Å². The van der Waals surface area contributed by atoms with Gasteiger partial charge in [0.2, 0.25) is 5.91 Å². The largest absolute Gasteiger partial charge is 0.391 e. The van der Waals surface area contributed by atoms with Crippen LogP contribution in [0.4, 0.5) is 0 Å². The molecule has 3 nitrogen and oxygen atoms in total. The SMILES string of the molecule is CC1(C)CC(O)CN1C(=O)CCc1ccccc1Br. The van der Waals surface area contributed by atoms with Crippen LogP contribution in [-0.2, 0) is 11.2 Å². The van der Waals surface area contributed by atoms with E-state index in [1.165, 1.54) is 0 Å². The Morgan fingerprint density at radius 1 is 1.47 bits per heavy atom. The lowest BCUT2D eigenvalue weighted by atomic mass is 10.0. The molecule has 0 aromatic heterocycles. The molecule has 4 heteroatoms. The molecule has 2 rings (SSSR count). The standard InChI is InChI=1S/C15H20BrNO2/c1-15(2)9-12(18)10-17(15)14(19)8-7-11-5-3-4-6-13(11)16/h3-6,12,18H,7-10H2,1-2H3. The third kappa shape index (κ3) is 3.37. The molecule has 1 unspecified atom stereocenters. The Morgan fingerprint density at radius 2 is 2.16 bits per heavy atom. The van der Waals surface area contributed by atoms with Crippen molar-refractivity contribution in [1.29, 1.82) is 0 Å². The van der Waals surface area contributed by atoms with Crippen LogP contribution in [0.5, 0.6) is 0 Å². The number of halogens is 1. The quantitative estimate of drug-likeness (QED) is 0.928. The number of hydrogen-bond acceptors (Lipinski definition) is 2. The van der Waals surface area contributed by atoms with Crippen molar-refractivity contribution in [3.8, 4) is 0 Å². The number of carbonyl (C=O) groups excluding carboxylic acids is 1. The lowest BCUT2D eigenvalue weighted by molar-refractivity contribution is -0.134. The number of aliphatic hydroxyl groups is 1. The fraction of sp³-hybridized carbons (Fsp3) is 0.533. The van der Waals surface area contributed by atoms with Gasteiger partial charge in [0.05, 0.1) is 6.10 Å². The lowest BCUT2D eigenvalue weighted by Crippen LogP contribution is -2.42.